The molecule has 0 radical (unpaired) electrons. The Kier molecular flexibility index (Phi) is 19.7. The van der Waals surface area contributed by atoms with E-state index < -0.39 is 83.7 Å². The lowest BCUT2D eigenvalue weighted by Crippen LogP contribution is -2.61. The van der Waals surface area contributed by atoms with Gasteiger partial charge in [0, 0.05) is 69.8 Å². The van der Waals surface area contributed by atoms with Gasteiger partial charge in [-0.25, -0.2) is 0 Å². The molecular weight excluding hydrogens is 829 g/mol. The highest BCUT2D eigenvalue weighted by molar-refractivity contribution is 6.33. The van der Waals surface area contributed by atoms with E-state index >= 15 is 0 Å². The number of aliphatic hydroxyl groups is 1. The number of hydrogen-bond donors (Lipinski definition) is 4. The summed E-state index contributed by atoms with van der Waals surface area (Å²) in [7, 11) is 5.86. The molecule has 0 spiro atoms. The molecule has 18 heteroatoms. The minimum Gasteiger partial charge on any atom is -0.396 e. The normalized spacial score (nSPS) is 23.2. The van der Waals surface area contributed by atoms with Crippen LogP contribution in [0.1, 0.15) is 91.5 Å². The molecule has 3 rings (SSSR count). The molecule has 4 N–H and O–H groups in total. The van der Waals surface area contributed by atoms with Crippen LogP contribution in [0.5, 0.6) is 0 Å². The molecule has 1 aromatic carbocycles. The Morgan fingerprint density at radius 2 is 1.66 bits per heavy atom. The van der Waals surface area contributed by atoms with Crippen molar-refractivity contribution in [3.05, 3.63) is 33.8 Å². The maximum atomic E-state index is 14.5. The standard InChI is InChI=1S/C43H67Cl2N7O9/c1-10-43(4,5)42(60)52-20-13-15-34(52)37(55)46-30(18-21-53)40(58)50(7)33-14-11-12-19-49(6)39(57)32(25-61-9)48-38(56)35(24-27-23-28(44)16-17-29(27)45)51(8)41(59)31(22-26(2)3)47-36(33)54/h16-17,23,26,30-35,53H,10-15,18-22,24-25H2,1-9H3,(H,46,55)(H,47,54)(H,48,56)/t30-,31-,32+,33-,34-,35-/m0/s1. The number of benzene rings is 1. The number of nitrogens with zero attached hydrogens (tertiary/aromatic N) is 4. The highest BCUT2D eigenvalue weighted by Gasteiger charge is 2.42. The summed E-state index contributed by atoms with van der Waals surface area (Å²) in [5.41, 5.74) is -0.212. The molecule has 0 aromatic heterocycles. The first-order valence-electron chi connectivity index (χ1n) is 21.2. The number of methoxy groups -OCH3 is 1. The molecule has 0 bridgehead atoms. The van der Waals surface area contributed by atoms with E-state index in [0.717, 1.165) is 0 Å². The molecule has 2 saturated heterocycles. The number of nitrogens with one attached hydrogen (secondary N) is 3. The molecule has 342 valence electrons. The summed E-state index contributed by atoms with van der Waals surface area (Å²) in [6.45, 7) is 9.37. The van der Waals surface area contributed by atoms with Crippen LogP contribution in [-0.4, -0.2) is 157 Å². The van der Waals surface area contributed by atoms with Crippen LogP contribution in [0.2, 0.25) is 10.0 Å². The number of hydrogen-bond acceptors (Lipinski definition) is 9. The van der Waals surface area contributed by atoms with E-state index in [4.69, 9.17) is 27.9 Å². The number of likely N-dealkylation sites (tertiary alicyclic amines) is 1. The molecule has 2 fully saturated rings. The lowest BCUT2D eigenvalue weighted by molar-refractivity contribution is -0.147. The molecule has 2 aliphatic rings. The second kappa shape index (κ2) is 23.5. The number of halogens is 2. The lowest BCUT2D eigenvalue weighted by atomic mass is 9.88. The summed E-state index contributed by atoms with van der Waals surface area (Å²) in [6.07, 6.45) is 2.44. The average molecular weight is 897 g/mol. The Hall–Kier alpha value is -3.99. The van der Waals surface area contributed by atoms with Crippen molar-refractivity contribution in [3.8, 4) is 0 Å². The molecule has 0 saturated carbocycles. The molecular formula is C43H67Cl2N7O9. The molecule has 2 heterocycles. The highest BCUT2D eigenvalue weighted by Crippen LogP contribution is 2.29. The Morgan fingerprint density at radius 1 is 0.984 bits per heavy atom. The van der Waals surface area contributed by atoms with Crippen molar-refractivity contribution in [1.82, 2.24) is 35.6 Å². The van der Waals surface area contributed by atoms with Gasteiger partial charge in [0.2, 0.25) is 41.4 Å². The van der Waals surface area contributed by atoms with E-state index in [2.05, 4.69) is 16.0 Å². The SMILES string of the molecule is CCC(C)(C)C(=O)N1CCC[C@H]1C(=O)N[C@@H](CCO)C(=O)N(C)[C@H]1CCCCN(C)C(=O)[C@@H](COC)NC(=O)[C@H](Cc2cc(Cl)ccc2Cl)N(C)C(=O)[C@H](CC(C)C)NC1=O. The minimum atomic E-state index is -1.23. The molecule has 6 atom stereocenters. The number of amides is 7. The second-order valence-corrected chi connectivity index (χ2v) is 18.1. The van der Waals surface area contributed by atoms with Gasteiger partial charge in [0.15, 0.2) is 0 Å². The molecule has 1 aromatic rings. The average Bonchev–Trinajstić information content (AvgIpc) is 3.71. The fourth-order valence-electron chi connectivity index (χ4n) is 7.72. The van der Waals surface area contributed by atoms with Crippen LogP contribution < -0.4 is 16.0 Å². The van der Waals surface area contributed by atoms with Crippen molar-refractivity contribution in [1.29, 1.82) is 0 Å². The molecule has 16 nitrogen and oxygen atoms in total. The van der Waals surface area contributed by atoms with E-state index in [9.17, 15) is 38.7 Å². The first kappa shape index (κ1) is 51.4. The van der Waals surface area contributed by atoms with E-state index in [1.807, 2.05) is 34.6 Å². The predicted molar refractivity (Wildman–Crippen MR) is 232 cm³/mol. The summed E-state index contributed by atoms with van der Waals surface area (Å²) in [5.74, 6) is -3.75. The maximum Gasteiger partial charge on any atom is 0.247 e. The van der Waals surface area contributed by atoms with Gasteiger partial charge in [0.1, 0.15) is 36.3 Å². The van der Waals surface area contributed by atoms with Crippen LogP contribution >= 0.6 is 23.2 Å². The quantitative estimate of drug-likeness (QED) is 0.217. The largest absolute Gasteiger partial charge is 0.396 e. The van der Waals surface area contributed by atoms with Crippen LogP contribution in [0.3, 0.4) is 0 Å². The van der Waals surface area contributed by atoms with E-state index in [1.165, 1.54) is 35.9 Å². The monoisotopic (exact) mass is 895 g/mol. The Morgan fingerprint density at radius 3 is 2.28 bits per heavy atom. The van der Waals surface area contributed by atoms with Gasteiger partial charge >= 0.3 is 0 Å². The van der Waals surface area contributed by atoms with Crippen LogP contribution in [0.15, 0.2) is 18.2 Å². The Labute approximate surface area is 370 Å². The number of aliphatic hydroxyl groups excluding tert-OH is 1. The van der Waals surface area contributed by atoms with Crippen LogP contribution in [-0.2, 0) is 44.7 Å². The van der Waals surface area contributed by atoms with Gasteiger partial charge in [-0.05, 0) is 81.0 Å². The summed E-state index contributed by atoms with van der Waals surface area (Å²) < 4.78 is 5.32. The van der Waals surface area contributed by atoms with E-state index in [1.54, 1.807) is 30.1 Å². The lowest BCUT2D eigenvalue weighted by Gasteiger charge is -2.36. The minimum absolute atomic E-state index is 0.0828. The summed E-state index contributed by atoms with van der Waals surface area (Å²) >= 11 is 12.8. The number of carbonyl (C=O) groups excluding carboxylic acids is 7. The van der Waals surface area contributed by atoms with Crippen molar-refractivity contribution in [2.45, 2.75) is 129 Å². The first-order chi connectivity index (χ1) is 28.7. The topological polar surface area (TPSA) is 198 Å². The fourth-order valence-corrected chi connectivity index (χ4v) is 8.11. The van der Waals surface area contributed by atoms with Gasteiger partial charge in [-0.2, -0.15) is 0 Å². The molecule has 2 aliphatic heterocycles. The predicted octanol–water partition coefficient (Wildman–Crippen LogP) is 2.79. The van der Waals surface area contributed by atoms with E-state index in [0.29, 0.717) is 54.3 Å². The second-order valence-electron chi connectivity index (χ2n) is 17.3. The summed E-state index contributed by atoms with van der Waals surface area (Å²) in [6, 6.07) is -1.87. The van der Waals surface area contributed by atoms with Crippen molar-refractivity contribution < 1.29 is 43.4 Å². The molecule has 61 heavy (non-hydrogen) atoms. The highest BCUT2D eigenvalue weighted by atomic mass is 35.5. The van der Waals surface area contributed by atoms with Crippen molar-refractivity contribution >= 4 is 64.6 Å². The van der Waals surface area contributed by atoms with Gasteiger partial charge < -0.3 is 45.4 Å². The Balaban J connectivity index is 2.02. The van der Waals surface area contributed by atoms with Crippen LogP contribution in [0.25, 0.3) is 0 Å². The van der Waals surface area contributed by atoms with Gasteiger partial charge in [-0.1, -0.05) is 57.8 Å². The number of likely N-dealkylation sites (N-methyl/N-ethyl adjacent to an activating group) is 3. The third kappa shape index (κ3) is 13.7. The zero-order valence-electron chi connectivity index (χ0n) is 37.2. The van der Waals surface area contributed by atoms with Gasteiger partial charge in [-0.15, -0.1) is 0 Å². The fraction of sp³-hybridized carbons (Fsp3) is 0.698. The molecule has 0 unspecified atom stereocenters. The van der Waals surface area contributed by atoms with Gasteiger partial charge in [-0.3, -0.25) is 33.6 Å². The van der Waals surface area contributed by atoms with Crippen molar-refractivity contribution in [3.63, 3.8) is 0 Å². The van der Waals surface area contributed by atoms with Crippen molar-refractivity contribution in [2.75, 3.05) is 54.6 Å². The van der Waals surface area contributed by atoms with Crippen LogP contribution in [0, 0.1) is 11.3 Å². The molecule has 0 aliphatic carbocycles. The molecule has 7 amide bonds. The van der Waals surface area contributed by atoms with Crippen molar-refractivity contribution in [2.24, 2.45) is 11.3 Å². The first-order valence-corrected chi connectivity index (χ1v) is 22.0. The van der Waals surface area contributed by atoms with Gasteiger partial charge in [0.05, 0.1) is 6.61 Å². The summed E-state index contributed by atoms with van der Waals surface area (Å²) in [5, 5.41) is 19.1. The maximum absolute atomic E-state index is 14.5. The van der Waals surface area contributed by atoms with Crippen LogP contribution in [0.4, 0.5) is 0 Å². The van der Waals surface area contributed by atoms with E-state index in [-0.39, 0.29) is 50.7 Å². The number of carbonyl (C=O) groups is 7. The Bertz CT molecular complexity index is 1730. The number of ether oxygens (including phenoxy) is 1. The third-order valence-electron chi connectivity index (χ3n) is 11.8. The zero-order chi connectivity index (χ0) is 45.8. The number of rotatable bonds is 14. The smallest absolute Gasteiger partial charge is 0.247 e. The summed E-state index contributed by atoms with van der Waals surface area (Å²) in [4.78, 5) is 104. The third-order valence-corrected chi connectivity index (χ3v) is 12.4. The zero-order valence-corrected chi connectivity index (χ0v) is 38.7. The van der Waals surface area contributed by atoms with Gasteiger partial charge in [0.25, 0.3) is 0 Å².